The van der Waals surface area contributed by atoms with Crippen LogP contribution < -0.4 is 10.6 Å². The van der Waals surface area contributed by atoms with Crippen molar-refractivity contribution >= 4 is 17.5 Å². The van der Waals surface area contributed by atoms with E-state index in [1.165, 1.54) is 0 Å². The average molecular weight is 375 g/mol. The van der Waals surface area contributed by atoms with E-state index in [0.717, 1.165) is 27.9 Å². The molecule has 7 heteroatoms. The first-order valence-corrected chi connectivity index (χ1v) is 9.17. The maximum Gasteiger partial charge on any atom is 0.232 e. The number of aromatic nitrogens is 3. The second-order valence-electron chi connectivity index (χ2n) is 6.98. The largest absolute Gasteiger partial charge is 0.349 e. The molecule has 1 aliphatic rings. The molecule has 0 unspecified atom stereocenters. The second-order valence-corrected chi connectivity index (χ2v) is 6.98. The summed E-state index contributed by atoms with van der Waals surface area (Å²) in [5.74, 6) is 0.347. The Morgan fingerprint density at radius 1 is 1.11 bits per heavy atom. The lowest BCUT2D eigenvalue weighted by molar-refractivity contribution is -0.125. The zero-order chi connectivity index (χ0) is 19.7. The smallest absolute Gasteiger partial charge is 0.232 e. The summed E-state index contributed by atoms with van der Waals surface area (Å²) in [5.41, 5.74) is 4.68. The van der Waals surface area contributed by atoms with Gasteiger partial charge in [0.1, 0.15) is 5.82 Å². The van der Waals surface area contributed by atoms with Crippen molar-refractivity contribution in [3.63, 3.8) is 0 Å². The van der Waals surface area contributed by atoms with Crippen molar-refractivity contribution in [1.29, 1.82) is 0 Å². The predicted molar refractivity (Wildman–Crippen MR) is 106 cm³/mol. The maximum atomic E-state index is 12.4. The van der Waals surface area contributed by atoms with Gasteiger partial charge in [-0.05, 0) is 30.5 Å². The van der Waals surface area contributed by atoms with E-state index in [9.17, 15) is 9.59 Å². The van der Waals surface area contributed by atoms with Crippen molar-refractivity contribution in [3.05, 3.63) is 65.0 Å². The fourth-order valence-electron chi connectivity index (χ4n) is 3.51. The van der Waals surface area contributed by atoms with E-state index < -0.39 is 5.92 Å². The summed E-state index contributed by atoms with van der Waals surface area (Å²) in [6, 6.07) is 13.6. The van der Waals surface area contributed by atoms with Gasteiger partial charge in [-0.25, -0.2) is 4.98 Å². The van der Waals surface area contributed by atoms with Crippen LogP contribution in [0.25, 0.3) is 11.4 Å². The van der Waals surface area contributed by atoms with Crippen LogP contribution in [0.1, 0.15) is 34.9 Å². The molecule has 0 spiro atoms. The number of H-pyrrole nitrogens is 1. The minimum atomic E-state index is -0.468. The third kappa shape index (κ3) is 3.38. The van der Waals surface area contributed by atoms with Gasteiger partial charge in [-0.1, -0.05) is 42.5 Å². The molecule has 142 valence electrons. The van der Waals surface area contributed by atoms with Crippen LogP contribution in [-0.4, -0.2) is 27.0 Å². The third-order valence-electron chi connectivity index (χ3n) is 4.99. The van der Waals surface area contributed by atoms with Crippen molar-refractivity contribution in [2.75, 3.05) is 5.32 Å². The van der Waals surface area contributed by atoms with Crippen LogP contribution in [0.5, 0.6) is 0 Å². The molecule has 2 aromatic carbocycles. The topological polar surface area (TPSA) is 99.8 Å². The molecule has 0 saturated carbocycles. The second kappa shape index (κ2) is 7.26. The Morgan fingerprint density at radius 2 is 1.86 bits per heavy atom. The van der Waals surface area contributed by atoms with Gasteiger partial charge in [-0.15, -0.1) is 0 Å². The van der Waals surface area contributed by atoms with E-state index in [1.54, 1.807) is 0 Å². The number of aryl methyl sites for hydroxylation is 2. The standard InChI is InChI=1S/C21H21N5O2/c1-12-8-9-13(2)19-18(12)15(21(28)24-19)10-17(27)22-11-16-23-20(26-25-16)14-6-4-3-5-7-14/h3-9,15H,10-11H2,1-2H3,(H,22,27)(H,24,28)(H,23,25,26)/t15-/m1/s1. The molecule has 28 heavy (non-hydrogen) atoms. The van der Waals surface area contributed by atoms with Gasteiger partial charge in [0.2, 0.25) is 11.8 Å². The number of amides is 2. The molecule has 4 rings (SSSR count). The third-order valence-corrected chi connectivity index (χ3v) is 4.99. The van der Waals surface area contributed by atoms with Gasteiger partial charge in [0, 0.05) is 17.7 Å². The quantitative estimate of drug-likeness (QED) is 0.638. The molecule has 3 N–H and O–H groups in total. The highest BCUT2D eigenvalue weighted by molar-refractivity contribution is 6.06. The van der Waals surface area contributed by atoms with Crippen LogP contribution in [0, 0.1) is 13.8 Å². The molecular weight excluding hydrogens is 354 g/mol. The van der Waals surface area contributed by atoms with Gasteiger partial charge in [-0.3, -0.25) is 14.7 Å². The van der Waals surface area contributed by atoms with Gasteiger partial charge in [-0.2, -0.15) is 5.10 Å². The molecule has 1 aliphatic heterocycles. The lowest BCUT2D eigenvalue weighted by Crippen LogP contribution is -2.27. The number of benzene rings is 2. The number of carbonyl (C=O) groups is 2. The minimum absolute atomic E-state index is 0.100. The van der Waals surface area contributed by atoms with E-state index in [2.05, 4.69) is 25.8 Å². The Labute approximate surface area is 162 Å². The van der Waals surface area contributed by atoms with Gasteiger partial charge in [0.05, 0.1) is 12.5 Å². The first kappa shape index (κ1) is 17.9. The predicted octanol–water partition coefficient (Wildman–Crippen LogP) is 2.83. The molecule has 0 radical (unpaired) electrons. The molecule has 7 nitrogen and oxygen atoms in total. The van der Waals surface area contributed by atoms with Crippen molar-refractivity contribution < 1.29 is 9.59 Å². The monoisotopic (exact) mass is 375 g/mol. The summed E-state index contributed by atoms with van der Waals surface area (Å²) in [7, 11) is 0. The number of fused-ring (bicyclic) bond motifs is 1. The SMILES string of the molecule is Cc1ccc(C)c2c1NC(=O)[C@@H]2CC(=O)NCc1nc(-c2ccccc2)n[nH]1. The Morgan fingerprint density at radius 3 is 2.64 bits per heavy atom. The number of aromatic amines is 1. The van der Waals surface area contributed by atoms with E-state index in [-0.39, 0.29) is 24.8 Å². The first-order chi connectivity index (χ1) is 13.5. The summed E-state index contributed by atoms with van der Waals surface area (Å²) in [6.45, 7) is 4.14. The van der Waals surface area contributed by atoms with Crippen LogP contribution in [0.4, 0.5) is 5.69 Å². The zero-order valence-corrected chi connectivity index (χ0v) is 15.7. The number of hydrogen-bond acceptors (Lipinski definition) is 4. The van der Waals surface area contributed by atoms with Gasteiger partial charge < -0.3 is 10.6 Å². The molecule has 2 heterocycles. The Bertz CT molecular complexity index is 1040. The number of nitrogens with one attached hydrogen (secondary N) is 3. The zero-order valence-electron chi connectivity index (χ0n) is 15.7. The normalized spacial score (nSPS) is 15.2. The number of hydrogen-bond donors (Lipinski definition) is 3. The molecule has 1 atom stereocenters. The summed E-state index contributed by atoms with van der Waals surface area (Å²) in [5, 5.41) is 12.8. The van der Waals surface area contributed by atoms with Gasteiger partial charge in [0.25, 0.3) is 0 Å². The Kier molecular flexibility index (Phi) is 4.65. The molecule has 0 saturated heterocycles. The Balaban J connectivity index is 1.41. The van der Waals surface area contributed by atoms with Crippen molar-refractivity contribution in [2.45, 2.75) is 32.7 Å². The molecule has 0 aliphatic carbocycles. The summed E-state index contributed by atoms with van der Waals surface area (Å²) in [6.07, 6.45) is 0.100. The fraction of sp³-hybridized carbons (Fsp3) is 0.238. The fourth-order valence-corrected chi connectivity index (χ4v) is 3.51. The van der Waals surface area contributed by atoms with Crippen molar-refractivity contribution in [2.24, 2.45) is 0 Å². The number of nitrogens with zero attached hydrogens (tertiary/aromatic N) is 2. The number of carbonyl (C=O) groups excluding carboxylic acids is 2. The van der Waals surface area contributed by atoms with E-state index >= 15 is 0 Å². The van der Waals surface area contributed by atoms with Gasteiger partial charge >= 0.3 is 0 Å². The first-order valence-electron chi connectivity index (χ1n) is 9.17. The minimum Gasteiger partial charge on any atom is -0.349 e. The molecular formula is C21H21N5O2. The lowest BCUT2D eigenvalue weighted by atomic mass is 9.91. The van der Waals surface area contributed by atoms with Crippen molar-refractivity contribution in [3.8, 4) is 11.4 Å². The van der Waals surface area contributed by atoms with Gasteiger partial charge in [0.15, 0.2) is 5.82 Å². The highest BCUT2D eigenvalue weighted by Crippen LogP contribution is 2.39. The highest BCUT2D eigenvalue weighted by atomic mass is 16.2. The molecule has 0 fully saturated rings. The molecule has 1 aromatic heterocycles. The molecule has 0 bridgehead atoms. The van der Waals surface area contributed by atoms with Crippen LogP contribution in [-0.2, 0) is 16.1 Å². The molecule has 3 aromatic rings. The summed E-state index contributed by atoms with van der Waals surface area (Å²) >= 11 is 0. The van der Waals surface area contributed by atoms with E-state index in [0.29, 0.717) is 11.6 Å². The maximum absolute atomic E-state index is 12.4. The number of anilines is 1. The van der Waals surface area contributed by atoms with Crippen LogP contribution in [0.2, 0.25) is 0 Å². The number of rotatable bonds is 5. The van der Waals surface area contributed by atoms with E-state index in [1.807, 2.05) is 56.3 Å². The van der Waals surface area contributed by atoms with Crippen LogP contribution in [0.3, 0.4) is 0 Å². The highest BCUT2D eigenvalue weighted by Gasteiger charge is 2.34. The summed E-state index contributed by atoms with van der Waals surface area (Å²) in [4.78, 5) is 29.2. The van der Waals surface area contributed by atoms with E-state index in [4.69, 9.17) is 0 Å². The van der Waals surface area contributed by atoms with Crippen LogP contribution >= 0.6 is 0 Å². The lowest BCUT2D eigenvalue weighted by Gasteiger charge is -2.12. The van der Waals surface area contributed by atoms with Crippen LogP contribution in [0.15, 0.2) is 42.5 Å². The average Bonchev–Trinajstić information content (AvgIpc) is 3.30. The molecule has 2 amide bonds. The van der Waals surface area contributed by atoms with Crippen molar-refractivity contribution in [1.82, 2.24) is 20.5 Å². The summed E-state index contributed by atoms with van der Waals surface area (Å²) < 4.78 is 0. The Hall–Kier alpha value is -3.48.